The lowest BCUT2D eigenvalue weighted by Crippen LogP contribution is -2.29. The number of likely N-dealkylation sites (tertiary alicyclic amines) is 1. The number of aromatic carboxylic acids is 1. The van der Waals surface area contributed by atoms with Gasteiger partial charge in [-0.15, -0.1) is 11.3 Å². The molecule has 8 nitrogen and oxygen atoms in total. The Morgan fingerprint density at radius 3 is 2.79 bits per heavy atom. The molecule has 1 saturated heterocycles. The van der Waals surface area contributed by atoms with Gasteiger partial charge in [-0.05, 0) is 31.5 Å². The molecule has 5 rings (SSSR count). The monoisotopic (exact) mass is 465 g/mol. The number of aryl methyl sites for hydroxylation is 1. The van der Waals surface area contributed by atoms with Crippen LogP contribution in [0.1, 0.15) is 32.1 Å². The van der Waals surface area contributed by atoms with E-state index in [2.05, 4.69) is 4.98 Å². The van der Waals surface area contributed by atoms with Gasteiger partial charge in [-0.1, -0.05) is 0 Å². The van der Waals surface area contributed by atoms with E-state index < -0.39 is 5.97 Å². The highest BCUT2D eigenvalue weighted by Gasteiger charge is 2.28. The van der Waals surface area contributed by atoms with Gasteiger partial charge in [0.05, 0.1) is 32.3 Å². The molecule has 4 aromatic rings. The molecule has 3 aromatic heterocycles. The van der Waals surface area contributed by atoms with Gasteiger partial charge in [-0.2, -0.15) is 0 Å². The number of carbonyl (C=O) groups is 2. The number of ether oxygens (including phenoxy) is 2. The molecule has 1 amide bonds. The van der Waals surface area contributed by atoms with Crippen LogP contribution in [0.25, 0.3) is 21.1 Å². The van der Waals surface area contributed by atoms with Gasteiger partial charge in [0.15, 0.2) is 0 Å². The summed E-state index contributed by atoms with van der Waals surface area (Å²) in [6.07, 6.45) is 2.58. The second-order valence-electron chi connectivity index (χ2n) is 8.14. The Labute approximate surface area is 194 Å². The SMILES string of the molecule is COC1CCN(C(=O)c2cc3nccc(Oc4ccc5c(C(=O)O)c(C)n(C)c5c4)c3s2)C1. The van der Waals surface area contributed by atoms with E-state index in [9.17, 15) is 14.7 Å². The first-order valence-corrected chi connectivity index (χ1v) is 11.4. The Morgan fingerprint density at radius 1 is 1.24 bits per heavy atom. The van der Waals surface area contributed by atoms with Gasteiger partial charge in [0.2, 0.25) is 0 Å². The molecule has 1 fully saturated rings. The van der Waals surface area contributed by atoms with Crippen molar-refractivity contribution in [3.8, 4) is 11.5 Å². The third kappa shape index (κ3) is 3.63. The number of pyridine rings is 1. The van der Waals surface area contributed by atoms with Crippen LogP contribution < -0.4 is 4.74 Å². The number of carboxylic acid groups (broad SMARTS) is 1. The summed E-state index contributed by atoms with van der Waals surface area (Å²) in [7, 11) is 3.50. The summed E-state index contributed by atoms with van der Waals surface area (Å²) in [5.74, 6) is 0.207. The molecule has 1 N–H and O–H groups in total. The van der Waals surface area contributed by atoms with Crippen molar-refractivity contribution in [3.05, 3.63) is 52.7 Å². The average molecular weight is 466 g/mol. The highest BCUT2D eigenvalue weighted by Crippen LogP contribution is 2.37. The number of nitrogens with zero attached hydrogens (tertiary/aromatic N) is 3. The standard InChI is InChI=1S/C24H23N3O5S/c1-13-21(24(29)30)16-5-4-14(10-18(16)26(13)2)32-19-6-8-25-17-11-20(33-22(17)19)23(28)27-9-7-15(12-27)31-3/h4-6,8,10-11,15H,7,9,12H2,1-3H3,(H,29,30). The topological polar surface area (TPSA) is 93.9 Å². The van der Waals surface area contributed by atoms with Crippen molar-refractivity contribution >= 4 is 44.3 Å². The summed E-state index contributed by atoms with van der Waals surface area (Å²) in [5.41, 5.74) is 2.45. The van der Waals surface area contributed by atoms with Crippen LogP contribution in [0.3, 0.4) is 0 Å². The van der Waals surface area contributed by atoms with Crippen molar-refractivity contribution in [2.45, 2.75) is 19.4 Å². The molecule has 0 radical (unpaired) electrons. The van der Waals surface area contributed by atoms with Crippen molar-refractivity contribution in [1.82, 2.24) is 14.5 Å². The van der Waals surface area contributed by atoms with E-state index in [0.717, 1.165) is 16.6 Å². The molecule has 170 valence electrons. The van der Waals surface area contributed by atoms with Gasteiger partial charge in [0, 0.05) is 56.7 Å². The zero-order valence-electron chi connectivity index (χ0n) is 18.5. The number of hydrogen-bond donors (Lipinski definition) is 1. The Kier molecular flexibility index (Phi) is 5.30. The molecule has 0 aliphatic carbocycles. The molecule has 33 heavy (non-hydrogen) atoms. The van der Waals surface area contributed by atoms with Crippen LogP contribution in [0.2, 0.25) is 0 Å². The molecule has 1 aromatic carbocycles. The maximum absolute atomic E-state index is 13.0. The van der Waals surface area contributed by atoms with E-state index in [1.165, 1.54) is 11.3 Å². The second kappa shape index (κ2) is 8.17. The minimum atomic E-state index is -0.951. The molecule has 4 heterocycles. The third-order valence-corrected chi connectivity index (χ3v) is 7.39. The number of carboxylic acids is 1. The first-order valence-electron chi connectivity index (χ1n) is 10.6. The normalized spacial score (nSPS) is 16.1. The summed E-state index contributed by atoms with van der Waals surface area (Å²) < 4.78 is 14.2. The van der Waals surface area contributed by atoms with Gasteiger partial charge in [0.1, 0.15) is 11.5 Å². The van der Waals surface area contributed by atoms with E-state index in [4.69, 9.17) is 9.47 Å². The van der Waals surface area contributed by atoms with Gasteiger partial charge in [0.25, 0.3) is 5.91 Å². The Morgan fingerprint density at radius 2 is 2.06 bits per heavy atom. The van der Waals surface area contributed by atoms with Crippen molar-refractivity contribution in [3.63, 3.8) is 0 Å². The number of benzene rings is 1. The molecule has 0 spiro atoms. The van der Waals surface area contributed by atoms with Crippen LogP contribution in [0, 0.1) is 6.92 Å². The number of hydrogen-bond acceptors (Lipinski definition) is 6. The lowest BCUT2D eigenvalue weighted by Gasteiger charge is -2.14. The number of carbonyl (C=O) groups excluding carboxylic acids is 1. The highest BCUT2D eigenvalue weighted by molar-refractivity contribution is 7.21. The number of amides is 1. The first-order chi connectivity index (χ1) is 15.9. The van der Waals surface area contributed by atoms with Gasteiger partial charge < -0.3 is 24.0 Å². The first kappa shape index (κ1) is 21.4. The van der Waals surface area contributed by atoms with Crippen molar-refractivity contribution < 1.29 is 24.2 Å². The number of methoxy groups -OCH3 is 1. The van der Waals surface area contributed by atoms with E-state index in [-0.39, 0.29) is 12.0 Å². The fourth-order valence-electron chi connectivity index (χ4n) is 4.37. The number of fused-ring (bicyclic) bond motifs is 2. The van der Waals surface area contributed by atoms with Crippen molar-refractivity contribution in [2.24, 2.45) is 7.05 Å². The smallest absolute Gasteiger partial charge is 0.338 e. The zero-order valence-corrected chi connectivity index (χ0v) is 19.3. The molecule has 0 saturated carbocycles. The minimum absolute atomic E-state index is 0.0228. The molecule has 9 heteroatoms. The van der Waals surface area contributed by atoms with Gasteiger partial charge in [-0.25, -0.2) is 4.79 Å². The van der Waals surface area contributed by atoms with Crippen LogP contribution in [0.4, 0.5) is 0 Å². The fourth-order valence-corrected chi connectivity index (χ4v) is 5.40. The van der Waals surface area contributed by atoms with E-state index in [1.807, 2.05) is 22.6 Å². The number of thiophene rings is 1. The van der Waals surface area contributed by atoms with Gasteiger partial charge in [-0.3, -0.25) is 9.78 Å². The molecule has 1 aliphatic heterocycles. The third-order valence-electron chi connectivity index (χ3n) is 6.26. The Hall–Kier alpha value is -3.43. The van der Waals surface area contributed by atoms with Gasteiger partial charge >= 0.3 is 5.97 Å². The Balaban J connectivity index is 1.47. The molecular weight excluding hydrogens is 442 g/mol. The largest absolute Gasteiger partial charge is 0.478 e. The maximum atomic E-state index is 13.0. The summed E-state index contributed by atoms with van der Waals surface area (Å²) in [6, 6.07) is 8.93. The molecule has 1 aliphatic rings. The Bertz CT molecular complexity index is 1410. The minimum Gasteiger partial charge on any atom is -0.478 e. The molecular formula is C24H23N3O5S. The maximum Gasteiger partial charge on any atom is 0.338 e. The van der Waals surface area contributed by atoms with E-state index >= 15 is 0 Å². The van der Waals surface area contributed by atoms with Crippen LogP contribution in [-0.4, -0.2) is 57.7 Å². The van der Waals surface area contributed by atoms with E-state index in [0.29, 0.717) is 51.6 Å². The molecule has 1 atom stereocenters. The van der Waals surface area contributed by atoms with Crippen LogP contribution >= 0.6 is 11.3 Å². The summed E-state index contributed by atoms with van der Waals surface area (Å²) in [4.78, 5) is 31.5. The fraction of sp³-hybridized carbons (Fsp3) is 0.292. The molecule has 0 bridgehead atoms. The molecule has 1 unspecified atom stereocenters. The van der Waals surface area contributed by atoms with Crippen molar-refractivity contribution in [1.29, 1.82) is 0 Å². The lowest BCUT2D eigenvalue weighted by molar-refractivity contribution is 0.0696. The van der Waals surface area contributed by atoms with E-state index in [1.54, 1.807) is 44.5 Å². The average Bonchev–Trinajstić information content (AvgIpc) is 3.51. The van der Waals surface area contributed by atoms with Crippen LogP contribution in [-0.2, 0) is 11.8 Å². The lowest BCUT2D eigenvalue weighted by atomic mass is 10.1. The zero-order chi connectivity index (χ0) is 23.3. The summed E-state index contributed by atoms with van der Waals surface area (Å²) >= 11 is 1.36. The highest BCUT2D eigenvalue weighted by atomic mass is 32.1. The van der Waals surface area contributed by atoms with Crippen molar-refractivity contribution in [2.75, 3.05) is 20.2 Å². The predicted molar refractivity (Wildman–Crippen MR) is 126 cm³/mol. The summed E-state index contributed by atoms with van der Waals surface area (Å²) in [6.45, 7) is 3.06. The number of aromatic nitrogens is 2. The second-order valence-corrected chi connectivity index (χ2v) is 9.19. The summed E-state index contributed by atoms with van der Waals surface area (Å²) in [5, 5.41) is 10.2. The van der Waals surface area contributed by atoms with Crippen LogP contribution in [0.5, 0.6) is 11.5 Å². The predicted octanol–water partition coefficient (Wildman–Crippen LogP) is 4.45. The number of rotatable bonds is 5. The van der Waals surface area contributed by atoms with Crippen LogP contribution in [0.15, 0.2) is 36.5 Å². The quantitative estimate of drug-likeness (QED) is 0.468.